The van der Waals surface area contributed by atoms with Gasteiger partial charge in [-0.1, -0.05) is 174 Å². The molecule has 0 rings (SSSR count). The van der Waals surface area contributed by atoms with Crippen LogP contribution in [-0.4, -0.2) is 43.3 Å². The van der Waals surface area contributed by atoms with Crippen LogP contribution in [0.4, 0.5) is 0 Å². The lowest BCUT2D eigenvalue weighted by atomic mass is 10.0. The molecule has 0 aliphatic heterocycles. The van der Waals surface area contributed by atoms with E-state index in [9.17, 15) is 14.3 Å². The summed E-state index contributed by atoms with van der Waals surface area (Å²) < 4.78 is 33.1. The predicted molar refractivity (Wildman–Crippen MR) is 201 cm³/mol. The lowest BCUT2D eigenvalue weighted by Crippen LogP contribution is -2.25. The summed E-state index contributed by atoms with van der Waals surface area (Å²) in [6.07, 6.45) is 38.9. The van der Waals surface area contributed by atoms with Gasteiger partial charge in [0.05, 0.1) is 19.5 Å². The van der Waals surface area contributed by atoms with Gasteiger partial charge in [0.25, 0.3) is 0 Å². The van der Waals surface area contributed by atoms with Crippen LogP contribution >= 0.6 is 7.82 Å². The molecule has 48 heavy (non-hydrogen) atoms. The molecule has 2 unspecified atom stereocenters. The van der Waals surface area contributed by atoms with Crippen molar-refractivity contribution < 1.29 is 32.8 Å². The highest BCUT2D eigenvalue weighted by atomic mass is 31.2. The first-order chi connectivity index (χ1) is 23.4. The second kappa shape index (κ2) is 37.3. The molecule has 0 aromatic heterocycles. The first-order valence-corrected chi connectivity index (χ1v) is 21.7. The van der Waals surface area contributed by atoms with E-state index in [4.69, 9.17) is 24.3 Å². The Bertz CT molecular complexity index is 752. The average molecular weight is 704 g/mol. The maximum absolute atomic E-state index is 12.3. The predicted octanol–water partition coefficient (Wildman–Crippen LogP) is 11.9. The van der Waals surface area contributed by atoms with Crippen LogP contribution in [0.5, 0.6) is 0 Å². The minimum atomic E-state index is -4.26. The Kier molecular flexibility index (Phi) is 36.6. The van der Waals surface area contributed by atoms with Crippen molar-refractivity contribution in [2.75, 3.05) is 26.4 Å². The monoisotopic (exact) mass is 704 g/mol. The van der Waals surface area contributed by atoms with E-state index in [0.29, 0.717) is 6.42 Å². The van der Waals surface area contributed by atoms with Gasteiger partial charge < -0.3 is 20.1 Å². The zero-order chi connectivity index (χ0) is 35.2. The van der Waals surface area contributed by atoms with Crippen molar-refractivity contribution in [2.24, 2.45) is 5.73 Å². The van der Waals surface area contributed by atoms with Crippen LogP contribution in [-0.2, 0) is 27.9 Å². The number of hydrogen-bond donors (Lipinski definition) is 2. The molecule has 0 bridgehead atoms. The van der Waals surface area contributed by atoms with Crippen molar-refractivity contribution >= 4 is 13.8 Å². The molecule has 0 heterocycles. The van der Waals surface area contributed by atoms with Gasteiger partial charge in [0.2, 0.25) is 0 Å². The minimum Gasteiger partial charge on any atom is -0.492 e. The number of carbonyl (C=O) groups excluding carboxylic acids is 1. The molecule has 0 fully saturated rings. The molecule has 2 atom stereocenters. The molecule has 0 radical (unpaired) electrons. The smallest absolute Gasteiger partial charge is 0.472 e. The summed E-state index contributed by atoms with van der Waals surface area (Å²) >= 11 is 0. The summed E-state index contributed by atoms with van der Waals surface area (Å²) in [6.45, 7) is 4.24. The van der Waals surface area contributed by atoms with E-state index in [2.05, 4.69) is 13.8 Å². The summed E-state index contributed by atoms with van der Waals surface area (Å²) in [7, 11) is -4.26. The van der Waals surface area contributed by atoms with E-state index in [-0.39, 0.29) is 32.3 Å². The second-order valence-electron chi connectivity index (χ2n) is 13.6. The fourth-order valence-corrected chi connectivity index (χ4v) is 6.51. The third-order valence-electron chi connectivity index (χ3n) is 8.80. The highest BCUT2D eigenvalue weighted by Gasteiger charge is 2.24. The van der Waals surface area contributed by atoms with Gasteiger partial charge in [0.1, 0.15) is 6.61 Å². The maximum Gasteiger partial charge on any atom is 0.472 e. The van der Waals surface area contributed by atoms with Gasteiger partial charge in [-0.2, -0.15) is 0 Å². The number of phosphoric ester groups is 1. The molecule has 0 aliphatic rings. The van der Waals surface area contributed by atoms with Crippen LogP contribution in [0, 0.1) is 0 Å². The Hall–Kier alpha value is -0.920. The van der Waals surface area contributed by atoms with Crippen molar-refractivity contribution in [2.45, 2.75) is 206 Å². The Morgan fingerprint density at radius 1 is 0.625 bits per heavy atom. The zero-order valence-electron chi connectivity index (χ0n) is 31.5. The van der Waals surface area contributed by atoms with Gasteiger partial charge >= 0.3 is 13.8 Å². The van der Waals surface area contributed by atoms with E-state index >= 15 is 0 Å². The first kappa shape index (κ1) is 47.1. The Morgan fingerprint density at radius 3 is 1.48 bits per heavy atom. The second-order valence-corrected chi connectivity index (χ2v) is 15.0. The topological polar surface area (TPSA) is 117 Å². The molecule has 0 saturated heterocycles. The minimum absolute atomic E-state index is 0.0582. The SMILES string of the molecule is CCCCCCCCCCCCCCCCC=COC(COC(=O)CCCCCCCCCCCCCCC)COP(=O)(O)OCCN. The molecule has 286 valence electrons. The highest BCUT2D eigenvalue weighted by Crippen LogP contribution is 2.43. The standard InChI is InChI=1S/C39H78NO7P/c1-3-5-7-9-11-13-15-17-18-19-21-23-25-27-29-31-34-44-38(37-47-48(42,43)46-35-33-40)36-45-39(41)32-30-28-26-24-22-20-16-14-12-10-8-6-4-2/h31,34,38H,3-30,32-33,35-37,40H2,1-2H3,(H,42,43). The number of phosphoric acid groups is 1. The number of allylic oxidation sites excluding steroid dienone is 1. The van der Waals surface area contributed by atoms with E-state index in [0.717, 1.165) is 32.1 Å². The lowest BCUT2D eigenvalue weighted by molar-refractivity contribution is -0.147. The van der Waals surface area contributed by atoms with Crippen LogP contribution < -0.4 is 5.73 Å². The van der Waals surface area contributed by atoms with Crippen molar-refractivity contribution in [1.82, 2.24) is 0 Å². The van der Waals surface area contributed by atoms with Gasteiger partial charge in [0.15, 0.2) is 6.10 Å². The van der Waals surface area contributed by atoms with Crippen LogP contribution in [0.25, 0.3) is 0 Å². The first-order valence-electron chi connectivity index (χ1n) is 20.2. The molecule has 0 aromatic rings. The van der Waals surface area contributed by atoms with Crippen molar-refractivity contribution in [1.29, 1.82) is 0 Å². The highest BCUT2D eigenvalue weighted by molar-refractivity contribution is 7.47. The number of rotatable bonds is 39. The molecular formula is C39H78NO7P. The molecule has 0 aliphatic carbocycles. The van der Waals surface area contributed by atoms with Crippen LogP contribution in [0.3, 0.4) is 0 Å². The molecule has 0 spiro atoms. The molecule has 0 saturated carbocycles. The number of esters is 1. The third kappa shape index (κ3) is 36.4. The van der Waals surface area contributed by atoms with E-state index in [1.807, 2.05) is 6.08 Å². The quantitative estimate of drug-likeness (QED) is 0.0281. The summed E-state index contributed by atoms with van der Waals surface area (Å²) in [4.78, 5) is 22.2. The molecule has 9 heteroatoms. The Morgan fingerprint density at radius 2 is 1.04 bits per heavy atom. The number of nitrogens with two attached hydrogens (primary N) is 1. The summed E-state index contributed by atoms with van der Waals surface area (Å²) in [5, 5.41) is 0. The van der Waals surface area contributed by atoms with Crippen molar-refractivity contribution in [3.8, 4) is 0 Å². The Labute approximate surface area is 296 Å². The summed E-state index contributed by atoms with van der Waals surface area (Å²) in [5.41, 5.74) is 5.35. The van der Waals surface area contributed by atoms with Crippen LogP contribution in [0.2, 0.25) is 0 Å². The number of hydrogen-bond acceptors (Lipinski definition) is 7. The number of ether oxygens (including phenoxy) is 2. The van der Waals surface area contributed by atoms with Gasteiger partial charge in [-0.25, -0.2) is 4.57 Å². The summed E-state index contributed by atoms with van der Waals surface area (Å²) in [5.74, 6) is -0.287. The molecular weight excluding hydrogens is 625 g/mol. The van der Waals surface area contributed by atoms with E-state index in [1.165, 1.54) is 148 Å². The number of unbranched alkanes of at least 4 members (excludes halogenated alkanes) is 26. The lowest BCUT2D eigenvalue weighted by Gasteiger charge is -2.19. The van der Waals surface area contributed by atoms with Crippen LogP contribution in [0.15, 0.2) is 12.3 Å². The van der Waals surface area contributed by atoms with Gasteiger partial charge in [-0.05, 0) is 25.3 Å². The van der Waals surface area contributed by atoms with Gasteiger partial charge in [-0.3, -0.25) is 13.8 Å². The van der Waals surface area contributed by atoms with Gasteiger partial charge in [-0.15, -0.1) is 0 Å². The van der Waals surface area contributed by atoms with Crippen molar-refractivity contribution in [3.05, 3.63) is 12.3 Å². The molecule has 0 amide bonds. The summed E-state index contributed by atoms with van der Waals surface area (Å²) in [6, 6.07) is 0. The molecule has 3 N–H and O–H groups in total. The van der Waals surface area contributed by atoms with Crippen LogP contribution in [0.1, 0.15) is 200 Å². The van der Waals surface area contributed by atoms with Gasteiger partial charge in [0, 0.05) is 13.0 Å². The number of carbonyl (C=O) groups is 1. The fraction of sp³-hybridized carbons (Fsp3) is 0.923. The fourth-order valence-electron chi connectivity index (χ4n) is 5.75. The third-order valence-corrected chi connectivity index (χ3v) is 9.79. The maximum atomic E-state index is 12.3. The molecule has 8 nitrogen and oxygen atoms in total. The average Bonchev–Trinajstić information content (AvgIpc) is 3.08. The van der Waals surface area contributed by atoms with Crippen molar-refractivity contribution in [3.63, 3.8) is 0 Å². The Balaban J connectivity index is 4.08. The zero-order valence-corrected chi connectivity index (χ0v) is 32.4. The largest absolute Gasteiger partial charge is 0.492 e. The van der Waals surface area contributed by atoms with E-state index < -0.39 is 13.9 Å². The molecule has 0 aromatic carbocycles. The normalized spacial score (nSPS) is 13.6. The van der Waals surface area contributed by atoms with E-state index in [1.54, 1.807) is 6.26 Å².